The standard InChI is InChI=1S/C13H25N5/c1-16-6-4-5-11(9-16)18(3)12(7-14)13-8-15-10-17(13)2/h8,10-12H,4-7,9,14H2,1-3H3. The zero-order valence-electron chi connectivity index (χ0n) is 11.7. The second-order valence-corrected chi connectivity index (χ2v) is 5.40. The highest BCUT2D eigenvalue weighted by Gasteiger charge is 2.27. The van der Waals surface area contributed by atoms with E-state index in [1.54, 1.807) is 0 Å². The average molecular weight is 251 g/mol. The van der Waals surface area contributed by atoms with Crippen LogP contribution in [0.2, 0.25) is 0 Å². The molecule has 2 atom stereocenters. The molecule has 1 aliphatic rings. The molecule has 1 aromatic rings. The maximum atomic E-state index is 5.98. The molecule has 5 heteroatoms. The summed E-state index contributed by atoms with van der Waals surface area (Å²) in [5.41, 5.74) is 7.18. The quantitative estimate of drug-likeness (QED) is 0.844. The van der Waals surface area contributed by atoms with Crippen LogP contribution in [-0.2, 0) is 7.05 Å². The minimum Gasteiger partial charge on any atom is -0.336 e. The number of hydrogen-bond donors (Lipinski definition) is 1. The van der Waals surface area contributed by atoms with Gasteiger partial charge in [0.25, 0.3) is 0 Å². The SMILES string of the molecule is CN1CCCC(N(C)C(CN)c2cncn2C)C1. The van der Waals surface area contributed by atoms with Gasteiger partial charge in [0.1, 0.15) is 0 Å². The molecule has 2 heterocycles. The predicted octanol–water partition coefficient (Wildman–Crippen LogP) is 0.446. The summed E-state index contributed by atoms with van der Waals surface area (Å²) in [5.74, 6) is 0. The Labute approximate surface area is 110 Å². The molecule has 0 aliphatic carbocycles. The lowest BCUT2D eigenvalue weighted by Crippen LogP contribution is -2.47. The largest absolute Gasteiger partial charge is 0.336 e. The van der Waals surface area contributed by atoms with Crippen LogP contribution < -0.4 is 5.73 Å². The van der Waals surface area contributed by atoms with E-state index in [1.165, 1.54) is 25.1 Å². The highest BCUT2D eigenvalue weighted by Crippen LogP contribution is 2.23. The first kappa shape index (κ1) is 13.5. The van der Waals surface area contributed by atoms with Crippen molar-refractivity contribution in [1.82, 2.24) is 19.4 Å². The fourth-order valence-electron chi connectivity index (χ4n) is 2.91. The van der Waals surface area contributed by atoms with E-state index in [-0.39, 0.29) is 6.04 Å². The third-order valence-corrected chi connectivity index (χ3v) is 4.09. The Morgan fingerprint density at radius 1 is 1.56 bits per heavy atom. The van der Waals surface area contributed by atoms with Crippen molar-refractivity contribution in [1.29, 1.82) is 0 Å². The van der Waals surface area contributed by atoms with Crippen molar-refractivity contribution >= 4 is 0 Å². The topological polar surface area (TPSA) is 50.3 Å². The first-order valence-electron chi connectivity index (χ1n) is 6.70. The number of imidazole rings is 1. The summed E-state index contributed by atoms with van der Waals surface area (Å²) < 4.78 is 2.07. The summed E-state index contributed by atoms with van der Waals surface area (Å²) in [5, 5.41) is 0. The Morgan fingerprint density at radius 3 is 2.89 bits per heavy atom. The predicted molar refractivity (Wildman–Crippen MR) is 73.3 cm³/mol. The monoisotopic (exact) mass is 251 g/mol. The van der Waals surface area contributed by atoms with Gasteiger partial charge in [-0.3, -0.25) is 4.90 Å². The molecule has 2 rings (SSSR count). The molecule has 0 amide bonds. The lowest BCUT2D eigenvalue weighted by molar-refractivity contribution is 0.0983. The van der Waals surface area contributed by atoms with Crippen LogP contribution in [0.1, 0.15) is 24.6 Å². The van der Waals surface area contributed by atoms with Gasteiger partial charge in [-0.2, -0.15) is 0 Å². The Hall–Kier alpha value is -0.910. The zero-order chi connectivity index (χ0) is 13.1. The number of aryl methyl sites for hydroxylation is 1. The summed E-state index contributed by atoms with van der Waals surface area (Å²) in [6.45, 7) is 2.98. The van der Waals surface area contributed by atoms with Crippen molar-refractivity contribution in [3.63, 3.8) is 0 Å². The number of likely N-dealkylation sites (tertiary alicyclic amines) is 1. The zero-order valence-corrected chi connectivity index (χ0v) is 11.7. The Morgan fingerprint density at radius 2 is 2.33 bits per heavy atom. The van der Waals surface area contributed by atoms with Crippen LogP contribution >= 0.6 is 0 Å². The van der Waals surface area contributed by atoms with E-state index >= 15 is 0 Å². The molecule has 5 nitrogen and oxygen atoms in total. The fourth-order valence-corrected chi connectivity index (χ4v) is 2.91. The third kappa shape index (κ3) is 2.74. The van der Waals surface area contributed by atoms with Gasteiger partial charge in [0.05, 0.1) is 18.1 Å². The fraction of sp³-hybridized carbons (Fsp3) is 0.769. The molecule has 18 heavy (non-hydrogen) atoms. The van der Waals surface area contributed by atoms with Gasteiger partial charge in [-0.25, -0.2) is 4.98 Å². The lowest BCUT2D eigenvalue weighted by atomic mass is 10.0. The Balaban J connectivity index is 2.10. The normalized spacial score (nSPS) is 23.5. The van der Waals surface area contributed by atoms with Gasteiger partial charge in [0.15, 0.2) is 0 Å². The van der Waals surface area contributed by atoms with Crippen LogP contribution in [0.25, 0.3) is 0 Å². The summed E-state index contributed by atoms with van der Waals surface area (Å²) in [6.07, 6.45) is 6.31. The van der Waals surface area contributed by atoms with Crippen molar-refractivity contribution in [2.75, 3.05) is 33.7 Å². The second kappa shape index (κ2) is 5.82. The number of aromatic nitrogens is 2. The van der Waals surface area contributed by atoms with E-state index in [1.807, 2.05) is 19.6 Å². The Bertz CT molecular complexity index is 375. The van der Waals surface area contributed by atoms with Crippen molar-refractivity contribution in [3.8, 4) is 0 Å². The second-order valence-electron chi connectivity index (χ2n) is 5.40. The molecule has 1 fully saturated rings. The van der Waals surface area contributed by atoms with Crippen molar-refractivity contribution in [3.05, 3.63) is 18.2 Å². The lowest BCUT2D eigenvalue weighted by Gasteiger charge is -2.39. The van der Waals surface area contributed by atoms with Gasteiger partial charge in [-0.1, -0.05) is 0 Å². The van der Waals surface area contributed by atoms with Crippen LogP contribution in [0, 0.1) is 0 Å². The van der Waals surface area contributed by atoms with Crippen LogP contribution in [0.15, 0.2) is 12.5 Å². The summed E-state index contributed by atoms with van der Waals surface area (Å²) in [7, 11) is 6.42. The van der Waals surface area contributed by atoms with Crippen molar-refractivity contribution in [2.24, 2.45) is 12.8 Å². The molecule has 1 aromatic heterocycles. The molecule has 2 N–H and O–H groups in total. The Kier molecular flexibility index (Phi) is 4.37. The first-order chi connectivity index (χ1) is 8.63. The number of hydrogen-bond acceptors (Lipinski definition) is 4. The minimum atomic E-state index is 0.258. The van der Waals surface area contributed by atoms with Crippen LogP contribution in [0.3, 0.4) is 0 Å². The highest BCUT2D eigenvalue weighted by molar-refractivity contribution is 5.06. The van der Waals surface area contributed by atoms with E-state index in [0.29, 0.717) is 12.6 Å². The van der Waals surface area contributed by atoms with Gasteiger partial charge >= 0.3 is 0 Å². The molecule has 0 bridgehead atoms. The highest BCUT2D eigenvalue weighted by atomic mass is 15.2. The molecule has 1 saturated heterocycles. The molecule has 0 aromatic carbocycles. The van der Waals surface area contributed by atoms with Gasteiger partial charge < -0.3 is 15.2 Å². The van der Waals surface area contributed by atoms with Gasteiger partial charge in [-0.15, -0.1) is 0 Å². The molecule has 1 aliphatic heterocycles. The molecule has 102 valence electrons. The maximum absolute atomic E-state index is 5.98. The number of nitrogens with two attached hydrogens (primary N) is 1. The third-order valence-electron chi connectivity index (χ3n) is 4.09. The number of likely N-dealkylation sites (N-methyl/N-ethyl adjacent to an activating group) is 2. The minimum absolute atomic E-state index is 0.258. The summed E-state index contributed by atoms with van der Waals surface area (Å²) in [4.78, 5) is 9.03. The van der Waals surface area contributed by atoms with Crippen LogP contribution in [0.5, 0.6) is 0 Å². The van der Waals surface area contributed by atoms with Crippen molar-refractivity contribution in [2.45, 2.75) is 24.9 Å². The first-order valence-corrected chi connectivity index (χ1v) is 6.70. The van der Waals surface area contributed by atoms with E-state index in [2.05, 4.69) is 33.4 Å². The summed E-state index contributed by atoms with van der Waals surface area (Å²) in [6, 6.07) is 0.848. The molecule has 0 saturated carbocycles. The van der Waals surface area contributed by atoms with E-state index in [0.717, 1.165) is 6.54 Å². The van der Waals surface area contributed by atoms with E-state index in [4.69, 9.17) is 5.73 Å². The molecule has 0 spiro atoms. The maximum Gasteiger partial charge on any atom is 0.0946 e. The van der Waals surface area contributed by atoms with Gasteiger partial charge in [0, 0.05) is 32.4 Å². The molecular weight excluding hydrogens is 226 g/mol. The summed E-state index contributed by atoms with van der Waals surface area (Å²) >= 11 is 0. The van der Waals surface area contributed by atoms with E-state index < -0.39 is 0 Å². The van der Waals surface area contributed by atoms with Gasteiger partial charge in [-0.05, 0) is 33.5 Å². The van der Waals surface area contributed by atoms with Gasteiger partial charge in [0.2, 0.25) is 0 Å². The van der Waals surface area contributed by atoms with Crippen LogP contribution in [0.4, 0.5) is 0 Å². The van der Waals surface area contributed by atoms with Crippen molar-refractivity contribution < 1.29 is 0 Å². The molecule has 0 radical (unpaired) electrons. The molecular formula is C13H25N5. The average Bonchev–Trinajstić information content (AvgIpc) is 2.77. The number of rotatable bonds is 4. The van der Waals surface area contributed by atoms with Crippen LogP contribution in [-0.4, -0.2) is 59.1 Å². The number of nitrogens with zero attached hydrogens (tertiary/aromatic N) is 4. The molecule has 2 unspecified atom stereocenters. The van der Waals surface area contributed by atoms with E-state index in [9.17, 15) is 0 Å². The smallest absolute Gasteiger partial charge is 0.0946 e. The number of piperidine rings is 1.